The number of esters is 1. The molecule has 0 radical (unpaired) electrons. The first-order chi connectivity index (χ1) is 7.34. The van der Waals surface area contributed by atoms with Crippen LogP contribution in [0.2, 0.25) is 0 Å². The molecule has 1 fully saturated rings. The number of ether oxygens (including phenoxy) is 1. The summed E-state index contributed by atoms with van der Waals surface area (Å²) in [5.41, 5.74) is 0.0614. The van der Waals surface area contributed by atoms with Gasteiger partial charge < -0.3 is 10.1 Å². The third-order valence-electron chi connectivity index (χ3n) is 3.22. The molecule has 0 saturated carbocycles. The Balaban J connectivity index is 2.61. The van der Waals surface area contributed by atoms with Crippen molar-refractivity contribution in [1.29, 1.82) is 0 Å². The van der Waals surface area contributed by atoms with Gasteiger partial charge in [0.2, 0.25) is 0 Å². The molecular weight excluding hydrogens is 202 g/mol. The minimum Gasteiger partial charge on any atom is -0.462 e. The molecule has 1 saturated heterocycles. The molecule has 1 N–H and O–H groups in total. The normalized spacial score (nSPS) is 29.1. The molecular formula is C13H25NO2. The van der Waals surface area contributed by atoms with Crippen LogP contribution in [0.25, 0.3) is 0 Å². The zero-order valence-electron chi connectivity index (χ0n) is 11.2. The standard InChI is InChI=1S/C13H25NO2/c1-6-12(15)16-10-7-11(9(2)3)14-13(4,5)8-10/h9-11,14H,6-8H2,1-5H3. The SMILES string of the molecule is CCC(=O)OC1CC(C(C)C)NC(C)(C)C1. The van der Waals surface area contributed by atoms with Gasteiger partial charge in [-0.2, -0.15) is 0 Å². The van der Waals surface area contributed by atoms with Crippen LogP contribution in [-0.4, -0.2) is 23.7 Å². The minimum atomic E-state index is -0.0785. The number of hydrogen-bond acceptors (Lipinski definition) is 3. The fourth-order valence-corrected chi connectivity index (χ4v) is 2.35. The van der Waals surface area contributed by atoms with Crippen LogP contribution in [0.1, 0.15) is 53.9 Å². The maximum atomic E-state index is 11.3. The second-order valence-corrected chi connectivity index (χ2v) is 5.78. The summed E-state index contributed by atoms with van der Waals surface area (Å²) in [7, 11) is 0. The maximum absolute atomic E-state index is 11.3. The molecule has 1 heterocycles. The molecule has 94 valence electrons. The smallest absolute Gasteiger partial charge is 0.305 e. The fraction of sp³-hybridized carbons (Fsp3) is 0.923. The van der Waals surface area contributed by atoms with Crippen LogP contribution in [0.3, 0.4) is 0 Å². The topological polar surface area (TPSA) is 38.3 Å². The lowest BCUT2D eigenvalue weighted by Crippen LogP contribution is -2.56. The van der Waals surface area contributed by atoms with Gasteiger partial charge in [0, 0.05) is 30.8 Å². The van der Waals surface area contributed by atoms with Gasteiger partial charge in [0.25, 0.3) is 0 Å². The van der Waals surface area contributed by atoms with E-state index in [1.54, 1.807) is 0 Å². The second-order valence-electron chi connectivity index (χ2n) is 5.78. The number of piperidine rings is 1. The van der Waals surface area contributed by atoms with E-state index < -0.39 is 0 Å². The first-order valence-electron chi connectivity index (χ1n) is 6.31. The van der Waals surface area contributed by atoms with Crippen molar-refractivity contribution in [1.82, 2.24) is 5.32 Å². The minimum absolute atomic E-state index is 0.0614. The largest absolute Gasteiger partial charge is 0.462 e. The highest BCUT2D eigenvalue weighted by Gasteiger charge is 2.36. The molecule has 0 bridgehead atoms. The van der Waals surface area contributed by atoms with Crippen LogP contribution in [0.4, 0.5) is 0 Å². The van der Waals surface area contributed by atoms with Gasteiger partial charge in [0.15, 0.2) is 0 Å². The average Bonchev–Trinajstić information content (AvgIpc) is 2.14. The summed E-state index contributed by atoms with van der Waals surface area (Å²) >= 11 is 0. The van der Waals surface area contributed by atoms with Crippen LogP contribution in [0, 0.1) is 5.92 Å². The van der Waals surface area contributed by atoms with Crippen molar-refractivity contribution >= 4 is 5.97 Å². The number of hydrogen-bond donors (Lipinski definition) is 1. The lowest BCUT2D eigenvalue weighted by molar-refractivity contribution is -0.152. The number of carbonyl (C=O) groups is 1. The second kappa shape index (κ2) is 5.17. The molecule has 0 aromatic carbocycles. The van der Waals surface area contributed by atoms with Crippen LogP contribution in [0.15, 0.2) is 0 Å². The predicted molar refractivity (Wildman–Crippen MR) is 65.2 cm³/mol. The van der Waals surface area contributed by atoms with Crippen molar-refractivity contribution in [2.75, 3.05) is 0 Å². The lowest BCUT2D eigenvalue weighted by atomic mass is 9.83. The van der Waals surface area contributed by atoms with Crippen molar-refractivity contribution in [3.05, 3.63) is 0 Å². The van der Waals surface area contributed by atoms with Crippen molar-refractivity contribution in [2.45, 2.75) is 71.6 Å². The summed E-state index contributed by atoms with van der Waals surface area (Å²) in [4.78, 5) is 11.3. The summed E-state index contributed by atoms with van der Waals surface area (Å²) in [5, 5.41) is 3.62. The molecule has 2 atom stereocenters. The van der Waals surface area contributed by atoms with Crippen LogP contribution >= 0.6 is 0 Å². The Bertz CT molecular complexity index is 248. The van der Waals surface area contributed by atoms with E-state index in [1.165, 1.54) is 0 Å². The predicted octanol–water partition coefficient (Wildman–Crippen LogP) is 2.49. The Kier molecular flexibility index (Phi) is 4.36. The van der Waals surface area contributed by atoms with Crippen LogP contribution in [0.5, 0.6) is 0 Å². The molecule has 16 heavy (non-hydrogen) atoms. The molecule has 0 aromatic rings. The Labute approximate surface area is 98.9 Å². The Morgan fingerprint density at radius 1 is 1.50 bits per heavy atom. The molecule has 3 heteroatoms. The molecule has 0 amide bonds. The molecule has 0 spiro atoms. The van der Waals surface area contributed by atoms with Gasteiger partial charge in [-0.25, -0.2) is 0 Å². The highest BCUT2D eigenvalue weighted by atomic mass is 16.5. The zero-order chi connectivity index (χ0) is 12.3. The van der Waals surface area contributed by atoms with Gasteiger partial charge >= 0.3 is 5.97 Å². The van der Waals surface area contributed by atoms with E-state index in [-0.39, 0.29) is 17.6 Å². The summed E-state index contributed by atoms with van der Waals surface area (Å²) < 4.78 is 5.48. The first-order valence-corrected chi connectivity index (χ1v) is 6.31. The van der Waals surface area contributed by atoms with E-state index in [0.29, 0.717) is 18.4 Å². The molecule has 1 aliphatic heterocycles. The summed E-state index contributed by atoms with van der Waals surface area (Å²) in [6.07, 6.45) is 2.39. The van der Waals surface area contributed by atoms with E-state index >= 15 is 0 Å². The molecule has 0 aliphatic carbocycles. The molecule has 0 aromatic heterocycles. The van der Waals surface area contributed by atoms with E-state index in [0.717, 1.165) is 12.8 Å². The molecule has 1 aliphatic rings. The molecule has 2 unspecified atom stereocenters. The van der Waals surface area contributed by atoms with Gasteiger partial charge in [-0.1, -0.05) is 20.8 Å². The van der Waals surface area contributed by atoms with E-state index in [4.69, 9.17) is 4.74 Å². The number of carbonyl (C=O) groups excluding carboxylic acids is 1. The Morgan fingerprint density at radius 3 is 2.62 bits per heavy atom. The number of nitrogens with one attached hydrogen (secondary N) is 1. The summed E-state index contributed by atoms with van der Waals surface area (Å²) in [5.74, 6) is 0.493. The van der Waals surface area contributed by atoms with Crippen molar-refractivity contribution in [3.63, 3.8) is 0 Å². The Hall–Kier alpha value is -0.570. The average molecular weight is 227 g/mol. The summed E-state index contributed by atoms with van der Waals surface area (Å²) in [6, 6.07) is 0.443. The first kappa shape index (κ1) is 13.5. The fourth-order valence-electron chi connectivity index (χ4n) is 2.35. The summed E-state index contributed by atoms with van der Waals surface area (Å²) in [6.45, 7) is 10.6. The highest BCUT2D eigenvalue weighted by Crippen LogP contribution is 2.27. The van der Waals surface area contributed by atoms with Gasteiger partial charge in [-0.15, -0.1) is 0 Å². The maximum Gasteiger partial charge on any atom is 0.305 e. The highest BCUT2D eigenvalue weighted by molar-refractivity contribution is 5.69. The van der Waals surface area contributed by atoms with E-state index in [2.05, 4.69) is 33.0 Å². The van der Waals surface area contributed by atoms with Crippen molar-refractivity contribution < 1.29 is 9.53 Å². The Morgan fingerprint density at radius 2 is 2.12 bits per heavy atom. The third kappa shape index (κ3) is 3.78. The quantitative estimate of drug-likeness (QED) is 0.753. The van der Waals surface area contributed by atoms with Gasteiger partial charge in [-0.05, 0) is 19.8 Å². The molecule has 3 nitrogen and oxygen atoms in total. The third-order valence-corrected chi connectivity index (χ3v) is 3.22. The lowest BCUT2D eigenvalue weighted by Gasteiger charge is -2.42. The van der Waals surface area contributed by atoms with Gasteiger partial charge in [0.05, 0.1) is 0 Å². The van der Waals surface area contributed by atoms with E-state index in [1.807, 2.05) is 6.92 Å². The van der Waals surface area contributed by atoms with Crippen molar-refractivity contribution in [2.24, 2.45) is 5.92 Å². The monoisotopic (exact) mass is 227 g/mol. The van der Waals surface area contributed by atoms with Crippen LogP contribution < -0.4 is 5.32 Å². The van der Waals surface area contributed by atoms with Crippen LogP contribution in [-0.2, 0) is 9.53 Å². The van der Waals surface area contributed by atoms with E-state index in [9.17, 15) is 4.79 Å². The van der Waals surface area contributed by atoms with Gasteiger partial charge in [0.1, 0.15) is 6.10 Å². The van der Waals surface area contributed by atoms with Gasteiger partial charge in [-0.3, -0.25) is 4.79 Å². The van der Waals surface area contributed by atoms with Crippen molar-refractivity contribution in [3.8, 4) is 0 Å². The molecule has 1 rings (SSSR count). The number of rotatable bonds is 3. The zero-order valence-corrected chi connectivity index (χ0v) is 11.2.